The van der Waals surface area contributed by atoms with Crippen LogP contribution in [0.3, 0.4) is 0 Å². The first-order valence-corrected chi connectivity index (χ1v) is 10.7. The van der Waals surface area contributed by atoms with Crippen LogP contribution in [-0.4, -0.2) is 10.9 Å². The number of rotatable bonds is 6. The van der Waals surface area contributed by atoms with E-state index in [1.807, 2.05) is 19.1 Å². The number of amides is 1. The quantitative estimate of drug-likeness (QED) is 0.435. The summed E-state index contributed by atoms with van der Waals surface area (Å²) < 4.78 is 0. The molecule has 0 saturated carbocycles. The molecule has 0 fully saturated rings. The fourth-order valence-electron chi connectivity index (χ4n) is 3.51. The largest absolute Gasteiger partial charge is 0.326 e. The number of fused-ring (bicyclic) bond motifs is 1. The summed E-state index contributed by atoms with van der Waals surface area (Å²) in [5, 5.41) is 6.55. The summed E-state index contributed by atoms with van der Waals surface area (Å²) in [4.78, 5) is 18.3. The molecule has 0 saturated heterocycles. The predicted octanol–water partition coefficient (Wildman–Crippen LogP) is 5.94. The lowest BCUT2D eigenvalue weighted by Crippen LogP contribution is -2.14. The summed E-state index contributed by atoms with van der Waals surface area (Å²) in [6.07, 6.45) is 2.13. The van der Waals surface area contributed by atoms with Gasteiger partial charge in [0.2, 0.25) is 5.91 Å². The van der Waals surface area contributed by atoms with Gasteiger partial charge < -0.3 is 5.32 Å². The van der Waals surface area contributed by atoms with Crippen molar-refractivity contribution in [1.29, 1.82) is 0 Å². The van der Waals surface area contributed by atoms with Gasteiger partial charge in [-0.3, -0.25) is 4.79 Å². The number of anilines is 1. The van der Waals surface area contributed by atoms with E-state index in [-0.39, 0.29) is 5.91 Å². The van der Waals surface area contributed by atoms with Crippen LogP contribution in [0.25, 0.3) is 10.8 Å². The molecule has 3 aromatic carbocycles. The van der Waals surface area contributed by atoms with Crippen LogP contribution in [0.2, 0.25) is 0 Å². The second-order valence-corrected chi connectivity index (χ2v) is 8.37. The molecule has 0 aliphatic heterocycles. The SMILES string of the molecule is CCc1ccc(NC(=O)Cc2sc(Cc3cccc4ccccc34)nc2C)cc1. The van der Waals surface area contributed by atoms with Crippen LogP contribution >= 0.6 is 11.3 Å². The van der Waals surface area contributed by atoms with Gasteiger partial charge >= 0.3 is 0 Å². The van der Waals surface area contributed by atoms with Crippen molar-refractivity contribution in [3.05, 3.63) is 93.4 Å². The first-order chi connectivity index (χ1) is 14.1. The highest BCUT2D eigenvalue weighted by Gasteiger charge is 2.13. The highest BCUT2D eigenvalue weighted by molar-refractivity contribution is 7.11. The zero-order chi connectivity index (χ0) is 20.2. The summed E-state index contributed by atoms with van der Waals surface area (Å²) >= 11 is 1.64. The number of nitrogens with zero attached hydrogens (tertiary/aromatic N) is 1. The maximum atomic E-state index is 12.5. The fourth-order valence-corrected chi connectivity index (χ4v) is 4.60. The number of hydrogen-bond acceptors (Lipinski definition) is 3. The molecule has 0 aliphatic carbocycles. The molecule has 3 nitrogen and oxygen atoms in total. The molecule has 0 aliphatic rings. The average Bonchev–Trinajstić information content (AvgIpc) is 3.07. The van der Waals surface area contributed by atoms with E-state index in [1.54, 1.807) is 11.3 Å². The fraction of sp³-hybridized carbons (Fsp3) is 0.200. The van der Waals surface area contributed by atoms with Crippen LogP contribution in [0.15, 0.2) is 66.7 Å². The van der Waals surface area contributed by atoms with Crippen LogP contribution in [0.1, 0.15) is 33.6 Å². The zero-order valence-corrected chi connectivity index (χ0v) is 17.6. The number of benzene rings is 3. The highest BCUT2D eigenvalue weighted by Crippen LogP contribution is 2.25. The van der Waals surface area contributed by atoms with Gasteiger partial charge in [0.1, 0.15) is 0 Å². The first kappa shape index (κ1) is 19.3. The Bertz CT molecular complexity index is 1140. The Labute approximate surface area is 175 Å². The molecule has 0 radical (unpaired) electrons. The van der Waals surface area contributed by atoms with E-state index in [0.717, 1.165) is 34.1 Å². The zero-order valence-electron chi connectivity index (χ0n) is 16.7. The van der Waals surface area contributed by atoms with Crippen molar-refractivity contribution in [2.24, 2.45) is 0 Å². The number of hydrogen-bond donors (Lipinski definition) is 1. The molecule has 1 N–H and O–H groups in total. The van der Waals surface area contributed by atoms with Crippen molar-refractivity contribution >= 4 is 33.7 Å². The predicted molar refractivity (Wildman–Crippen MR) is 122 cm³/mol. The van der Waals surface area contributed by atoms with E-state index >= 15 is 0 Å². The van der Waals surface area contributed by atoms with Gasteiger partial charge in [0.05, 0.1) is 17.1 Å². The van der Waals surface area contributed by atoms with Gasteiger partial charge in [0.15, 0.2) is 0 Å². The summed E-state index contributed by atoms with van der Waals surface area (Å²) in [6, 6.07) is 22.8. The summed E-state index contributed by atoms with van der Waals surface area (Å²) in [6.45, 7) is 4.11. The van der Waals surface area contributed by atoms with E-state index < -0.39 is 0 Å². The number of carbonyl (C=O) groups excluding carboxylic acids is 1. The van der Waals surface area contributed by atoms with Crippen molar-refractivity contribution in [1.82, 2.24) is 4.98 Å². The lowest BCUT2D eigenvalue weighted by Gasteiger charge is -2.05. The van der Waals surface area contributed by atoms with Crippen molar-refractivity contribution in [3.8, 4) is 0 Å². The number of aryl methyl sites for hydroxylation is 2. The van der Waals surface area contributed by atoms with Gasteiger partial charge in [-0.15, -0.1) is 11.3 Å². The van der Waals surface area contributed by atoms with Crippen LogP contribution in [0, 0.1) is 6.92 Å². The molecule has 1 heterocycles. The first-order valence-electron chi connectivity index (χ1n) is 9.93. The van der Waals surface area contributed by atoms with Crippen molar-refractivity contribution in [3.63, 3.8) is 0 Å². The highest BCUT2D eigenvalue weighted by atomic mass is 32.1. The van der Waals surface area contributed by atoms with Gasteiger partial charge in [-0.25, -0.2) is 4.98 Å². The van der Waals surface area contributed by atoms with E-state index in [2.05, 4.69) is 66.8 Å². The molecular formula is C25H24N2OS. The minimum Gasteiger partial charge on any atom is -0.326 e. The van der Waals surface area contributed by atoms with Gasteiger partial charge in [0.25, 0.3) is 0 Å². The standard InChI is InChI=1S/C25H24N2OS/c1-3-18-11-13-21(14-12-18)27-24(28)16-23-17(2)26-25(29-23)15-20-9-6-8-19-7-4-5-10-22(19)20/h4-14H,3,15-16H2,1-2H3,(H,27,28). The molecule has 0 atom stereocenters. The number of aromatic nitrogens is 1. The Morgan fingerprint density at radius 2 is 1.76 bits per heavy atom. The average molecular weight is 401 g/mol. The molecule has 4 aromatic rings. The van der Waals surface area contributed by atoms with Crippen LogP contribution in [0.5, 0.6) is 0 Å². The van der Waals surface area contributed by atoms with Crippen molar-refractivity contribution < 1.29 is 4.79 Å². The maximum absolute atomic E-state index is 12.5. The number of carbonyl (C=O) groups is 1. The molecular weight excluding hydrogens is 376 g/mol. The second kappa shape index (κ2) is 8.58. The molecule has 146 valence electrons. The molecule has 0 spiro atoms. The van der Waals surface area contributed by atoms with Gasteiger partial charge in [-0.2, -0.15) is 0 Å². The van der Waals surface area contributed by atoms with Gasteiger partial charge in [0, 0.05) is 17.0 Å². The third kappa shape index (κ3) is 4.54. The third-order valence-electron chi connectivity index (χ3n) is 5.13. The molecule has 0 unspecified atom stereocenters. The maximum Gasteiger partial charge on any atom is 0.229 e. The van der Waals surface area contributed by atoms with Gasteiger partial charge in [-0.05, 0) is 47.4 Å². The smallest absolute Gasteiger partial charge is 0.229 e. The third-order valence-corrected chi connectivity index (χ3v) is 6.28. The van der Waals surface area contributed by atoms with E-state index in [1.165, 1.54) is 21.9 Å². The summed E-state index contributed by atoms with van der Waals surface area (Å²) in [7, 11) is 0. The van der Waals surface area contributed by atoms with Crippen molar-refractivity contribution in [2.75, 3.05) is 5.32 Å². The Morgan fingerprint density at radius 3 is 2.55 bits per heavy atom. The topological polar surface area (TPSA) is 42.0 Å². The van der Waals surface area contributed by atoms with E-state index in [0.29, 0.717) is 6.42 Å². The molecule has 1 aromatic heterocycles. The molecule has 29 heavy (non-hydrogen) atoms. The van der Waals surface area contributed by atoms with Crippen molar-refractivity contribution in [2.45, 2.75) is 33.1 Å². The Hall–Kier alpha value is -2.98. The monoisotopic (exact) mass is 400 g/mol. The number of thiazole rings is 1. The Kier molecular flexibility index (Phi) is 5.72. The minimum atomic E-state index is -0.00212. The molecule has 4 rings (SSSR count). The Balaban J connectivity index is 1.46. The van der Waals surface area contributed by atoms with E-state index in [9.17, 15) is 4.79 Å². The molecule has 0 bridgehead atoms. The normalized spacial score (nSPS) is 11.0. The Morgan fingerprint density at radius 1 is 1.00 bits per heavy atom. The summed E-state index contributed by atoms with van der Waals surface area (Å²) in [5.74, 6) is -0.00212. The van der Waals surface area contributed by atoms with Crippen LogP contribution in [-0.2, 0) is 24.1 Å². The molecule has 4 heteroatoms. The number of nitrogens with one attached hydrogen (secondary N) is 1. The van der Waals surface area contributed by atoms with Crippen LogP contribution < -0.4 is 5.32 Å². The van der Waals surface area contributed by atoms with Crippen LogP contribution in [0.4, 0.5) is 5.69 Å². The lowest BCUT2D eigenvalue weighted by atomic mass is 10.0. The molecule has 1 amide bonds. The lowest BCUT2D eigenvalue weighted by molar-refractivity contribution is -0.115. The van der Waals surface area contributed by atoms with Gasteiger partial charge in [-0.1, -0.05) is 61.5 Å². The minimum absolute atomic E-state index is 0.00212. The summed E-state index contributed by atoms with van der Waals surface area (Å²) in [5.41, 5.74) is 4.32. The van der Waals surface area contributed by atoms with E-state index in [4.69, 9.17) is 4.98 Å². The second-order valence-electron chi connectivity index (χ2n) is 7.21.